The molecule has 3 rings (SSSR count). The number of benzene rings is 1. The van der Waals surface area contributed by atoms with Gasteiger partial charge in [0, 0.05) is 12.3 Å². The van der Waals surface area contributed by atoms with Crippen molar-refractivity contribution in [2.24, 2.45) is 0 Å². The van der Waals surface area contributed by atoms with Crippen LogP contribution >= 0.6 is 0 Å². The van der Waals surface area contributed by atoms with Crippen molar-refractivity contribution in [3.8, 4) is 11.4 Å². The average Bonchev–Trinajstić information content (AvgIpc) is 3.03. The predicted molar refractivity (Wildman–Crippen MR) is 92.6 cm³/mol. The maximum absolute atomic E-state index is 11.8. The van der Waals surface area contributed by atoms with Gasteiger partial charge in [-0.15, -0.1) is 0 Å². The fourth-order valence-electron chi connectivity index (χ4n) is 2.71. The highest BCUT2D eigenvalue weighted by molar-refractivity contribution is 5.86. The van der Waals surface area contributed by atoms with Crippen LogP contribution in [0, 0.1) is 6.92 Å². The van der Waals surface area contributed by atoms with Gasteiger partial charge in [-0.25, -0.2) is 9.48 Å². The molecule has 132 valence electrons. The predicted octanol–water partition coefficient (Wildman–Crippen LogP) is 3.49. The first-order valence-electron chi connectivity index (χ1n) is 8.27. The van der Waals surface area contributed by atoms with E-state index in [1.165, 1.54) is 45.3 Å². The number of esters is 1. The number of hydrogen-bond donors (Lipinski definition) is 0. The van der Waals surface area contributed by atoms with Gasteiger partial charge < -0.3 is 14.2 Å². The summed E-state index contributed by atoms with van der Waals surface area (Å²) in [6.45, 7) is 1.91. The van der Waals surface area contributed by atoms with Crippen LogP contribution in [-0.4, -0.2) is 30.0 Å². The van der Waals surface area contributed by atoms with Crippen molar-refractivity contribution in [2.75, 3.05) is 14.2 Å². The quantitative estimate of drug-likeness (QED) is 0.457. The minimum atomic E-state index is -0.599. The van der Waals surface area contributed by atoms with Crippen molar-refractivity contribution in [3.63, 3.8) is 0 Å². The van der Waals surface area contributed by atoms with E-state index in [0.717, 1.165) is 11.3 Å². The smallest absolute Gasteiger partial charge is 0.377 e. The van der Waals surface area contributed by atoms with E-state index in [1.54, 1.807) is 0 Å². The van der Waals surface area contributed by atoms with Gasteiger partial charge in [0.15, 0.2) is 0 Å². The Kier molecular flexibility index (Phi) is 5.07. The lowest BCUT2D eigenvalue weighted by Gasteiger charge is -2.23. The standard InChI is InChI=1S/C19H22N2O4/c1-13-7-8-16(21-11-15(10-20-21)14-5-4-6-14)9-17(13)25-18(12-23-2)19(22)24-3/h7-12,14H,4-6H2,1-3H3/b18-12-. The fraction of sp³-hybridized carbons (Fsp3) is 0.368. The van der Waals surface area contributed by atoms with Crippen LogP contribution in [0.4, 0.5) is 0 Å². The number of hydrogen-bond acceptors (Lipinski definition) is 5. The molecule has 1 aliphatic rings. The molecule has 0 amide bonds. The molecule has 0 radical (unpaired) electrons. The normalized spacial score (nSPS) is 14.8. The Morgan fingerprint density at radius 1 is 1.32 bits per heavy atom. The highest BCUT2D eigenvalue weighted by Gasteiger charge is 2.21. The van der Waals surface area contributed by atoms with E-state index >= 15 is 0 Å². The van der Waals surface area contributed by atoms with Crippen LogP contribution in [0.5, 0.6) is 5.75 Å². The van der Waals surface area contributed by atoms with E-state index in [2.05, 4.69) is 11.3 Å². The number of ether oxygens (including phenoxy) is 3. The van der Waals surface area contributed by atoms with Gasteiger partial charge in [0.25, 0.3) is 0 Å². The summed E-state index contributed by atoms with van der Waals surface area (Å²) in [6.07, 6.45) is 8.97. The molecule has 1 heterocycles. The first-order chi connectivity index (χ1) is 12.1. The van der Waals surface area contributed by atoms with Crippen LogP contribution in [0.15, 0.2) is 42.6 Å². The third-order valence-electron chi connectivity index (χ3n) is 4.45. The second-order valence-corrected chi connectivity index (χ2v) is 6.11. The van der Waals surface area contributed by atoms with Crippen LogP contribution in [0.25, 0.3) is 5.69 Å². The molecule has 1 saturated carbocycles. The number of aryl methyl sites for hydroxylation is 1. The third kappa shape index (κ3) is 3.68. The Labute approximate surface area is 147 Å². The summed E-state index contributed by atoms with van der Waals surface area (Å²) >= 11 is 0. The lowest BCUT2D eigenvalue weighted by Crippen LogP contribution is -2.12. The molecular weight excluding hydrogens is 320 g/mol. The van der Waals surface area contributed by atoms with Crippen LogP contribution in [-0.2, 0) is 14.3 Å². The summed E-state index contributed by atoms with van der Waals surface area (Å²) in [7, 11) is 2.74. The van der Waals surface area contributed by atoms with E-state index in [-0.39, 0.29) is 5.76 Å². The van der Waals surface area contributed by atoms with E-state index in [4.69, 9.17) is 14.2 Å². The molecule has 0 unspecified atom stereocenters. The summed E-state index contributed by atoms with van der Waals surface area (Å²) in [5.41, 5.74) is 3.03. The molecule has 0 N–H and O–H groups in total. The molecule has 0 bridgehead atoms. The molecule has 1 fully saturated rings. The van der Waals surface area contributed by atoms with Gasteiger partial charge in [0.2, 0.25) is 5.76 Å². The van der Waals surface area contributed by atoms with Gasteiger partial charge >= 0.3 is 5.97 Å². The number of nitrogens with zero attached hydrogens (tertiary/aromatic N) is 2. The lowest BCUT2D eigenvalue weighted by molar-refractivity contribution is -0.138. The number of carbonyl (C=O) groups excluding carboxylic acids is 1. The zero-order valence-electron chi connectivity index (χ0n) is 14.7. The summed E-state index contributed by atoms with van der Waals surface area (Å²) in [6, 6.07) is 5.74. The summed E-state index contributed by atoms with van der Waals surface area (Å²) in [5, 5.41) is 4.46. The van der Waals surface area contributed by atoms with Gasteiger partial charge in [-0.1, -0.05) is 12.5 Å². The van der Waals surface area contributed by atoms with Crippen molar-refractivity contribution in [1.82, 2.24) is 9.78 Å². The van der Waals surface area contributed by atoms with Crippen molar-refractivity contribution in [1.29, 1.82) is 0 Å². The Morgan fingerprint density at radius 2 is 2.12 bits per heavy atom. The molecule has 2 aromatic rings. The fourth-order valence-corrected chi connectivity index (χ4v) is 2.71. The summed E-state index contributed by atoms with van der Waals surface area (Å²) in [5.74, 6) is 0.566. The van der Waals surface area contributed by atoms with Crippen molar-refractivity contribution < 1.29 is 19.0 Å². The summed E-state index contributed by atoms with van der Waals surface area (Å²) in [4.78, 5) is 11.8. The highest BCUT2D eigenvalue weighted by atomic mass is 16.6. The van der Waals surface area contributed by atoms with E-state index in [9.17, 15) is 4.79 Å². The Morgan fingerprint density at radius 3 is 2.76 bits per heavy atom. The second kappa shape index (κ2) is 7.42. The topological polar surface area (TPSA) is 62.6 Å². The van der Waals surface area contributed by atoms with E-state index < -0.39 is 5.97 Å². The molecule has 0 atom stereocenters. The molecule has 25 heavy (non-hydrogen) atoms. The number of aromatic nitrogens is 2. The first kappa shape index (κ1) is 17.1. The van der Waals surface area contributed by atoms with Crippen molar-refractivity contribution in [2.45, 2.75) is 32.1 Å². The average molecular weight is 342 g/mol. The highest BCUT2D eigenvalue weighted by Crippen LogP contribution is 2.36. The maximum Gasteiger partial charge on any atom is 0.377 e. The van der Waals surface area contributed by atoms with Crippen LogP contribution in [0.2, 0.25) is 0 Å². The van der Waals surface area contributed by atoms with Gasteiger partial charge in [0.05, 0.1) is 26.1 Å². The molecule has 0 spiro atoms. The van der Waals surface area contributed by atoms with Gasteiger partial charge in [0.1, 0.15) is 12.0 Å². The molecule has 1 aromatic carbocycles. The zero-order chi connectivity index (χ0) is 17.8. The SMILES string of the molecule is CO/C=C(\Oc1cc(-n2cc(C3CCC3)cn2)ccc1C)C(=O)OC. The molecule has 6 heteroatoms. The second-order valence-electron chi connectivity index (χ2n) is 6.11. The third-order valence-corrected chi connectivity index (χ3v) is 4.45. The largest absolute Gasteiger partial charge is 0.500 e. The molecular formula is C19H22N2O4. The number of carbonyl (C=O) groups is 1. The summed E-state index contributed by atoms with van der Waals surface area (Å²) < 4.78 is 17.1. The molecule has 0 aliphatic heterocycles. The molecule has 1 aromatic heterocycles. The lowest BCUT2D eigenvalue weighted by atomic mass is 9.81. The number of methoxy groups -OCH3 is 2. The Bertz CT molecular complexity index is 790. The number of rotatable bonds is 6. The van der Waals surface area contributed by atoms with Gasteiger partial charge in [-0.05, 0) is 42.9 Å². The van der Waals surface area contributed by atoms with Crippen molar-refractivity contribution in [3.05, 3.63) is 53.7 Å². The first-order valence-corrected chi connectivity index (χ1v) is 8.27. The van der Waals surface area contributed by atoms with E-state index in [0.29, 0.717) is 11.7 Å². The molecule has 0 saturated heterocycles. The van der Waals surface area contributed by atoms with Crippen LogP contribution in [0.1, 0.15) is 36.3 Å². The van der Waals surface area contributed by atoms with Crippen LogP contribution < -0.4 is 4.74 Å². The molecule has 1 aliphatic carbocycles. The maximum atomic E-state index is 11.8. The van der Waals surface area contributed by atoms with Gasteiger partial charge in [-0.3, -0.25) is 0 Å². The van der Waals surface area contributed by atoms with Crippen molar-refractivity contribution >= 4 is 5.97 Å². The minimum absolute atomic E-state index is 0.0131. The molecule has 6 nitrogen and oxygen atoms in total. The van der Waals surface area contributed by atoms with Gasteiger partial charge in [-0.2, -0.15) is 5.10 Å². The zero-order valence-corrected chi connectivity index (χ0v) is 14.7. The monoisotopic (exact) mass is 342 g/mol. The Hall–Kier alpha value is -2.76. The van der Waals surface area contributed by atoms with Crippen LogP contribution in [0.3, 0.4) is 0 Å². The minimum Gasteiger partial charge on any atom is -0.500 e. The van der Waals surface area contributed by atoms with E-state index in [1.807, 2.05) is 36.0 Å². The Balaban J connectivity index is 1.86.